The van der Waals surface area contributed by atoms with Gasteiger partial charge < -0.3 is 5.32 Å². The normalized spacial score (nSPS) is 10.5. The average Bonchev–Trinajstić information content (AvgIpc) is 2.62. The maximum absolute atomic E-state index is 11.9. The lowest BCUT2D eigenvalue weighted by Gasteiger charge is -2.08. The maximum Gasteiger partial charge on any atom is 0.243 e. The van der Waals surface area contributed by atoms with Crippen molar-refractivity contribution in [3.8, 4) is 0 Å². The zero-order chi connectivity index (χ0) is 17.2. The van der Waals surface area contributed by atoms with Gasteiger partial charge >= 0.3 is 0 Å². The summed E-state index contributed by atoms with van der Waals surface area (Å²) in [7, 11) is 0. The number of carbonyl (C=O) groups excluding carboxylic acids is 2. The standard InChI is InChI=1S/C19H24N2O3/c22-18(12-3-1-2-4-13-19(23)21-24)20-14-16-10-7-9-15-8-5-6-11-17(15)16/h5-11,24H,1-4,12-14H2,(H,20,22)(H,21,23). The molecule has 0 fully saturated rings. The van der Waals surface area contributed by atoms with Crippen LogP contribution in [0.25, 0.3) is 10.8 Å². The topological polar surface area (TPSA) is 78.4 Å². The van der Waals surface area contributed by atoms with Crippen molar-refractivity contribution in [1.82, 2.24) is 10.8 Å². The Morgan fingerprint density at radius 3 is 2.25 bits per heavy atom. The Bertz CT molecular complexity index is 680. The van der Waals surface area contributed by atoms with E-state index in [1.54, 1.807) is 5.48 Å². The Kier molecular flexibility index (Phi) is 7.23. The van der Waals surface area contributed by atoms with E-state index < -0.39 is 0 Å². The number of hydrogen-bond donors (Lipinski definition) is 3. The molecular formula is C19H24N2O3. The van der Waals surface area contributed by atoms with Crippen molar-refractivity contribution in [2.45, 2.75) is 45.1 Å². The molecule has 128 valence electrons. The fourth-order valence-corrected chi connectivity index (χ4v) is 2.71. The molecule has 0 aliphatic rings. The molecule has 0 saturated heterocycles. The third-order valence-corrected chi connectivity index (χ3v) is 4.04. The molecule has 2 amide bonds. The second-order valence-electron chi connectivity index (χ2n) is 5.86. The third-order valence-electron chi connectivity index (χ3n) is 4.04. The van der Waals surface area contributed by atoms with E-state index in [-0.39, 0.29) is 11.8 Å². The molecule has 0 aromatic heterocycles. The number of hydroxylamine groups is 1. The molecule has 0 aliphatic carbocycles. The molecule has 2 rings (SSSR count). The van der Waals surface area contributed by atoms with Crippen LogP contribution in [0.5, 0.6) is 0 Å². The number of amides is 2. The van der Waals surface area contributed by atoms with Crippen molar-refractivity contribution in [3.05, 3.63) is 48.0 Å². The summed E-state index contributed by atoms with van der Waals surface area (Å²) in [6.45, 7) is 0.539. The first-order chi connectivity index (χ1) is 11.7. The van der Waals surface area contributed by atoms with E-state index in [0.717, 1.165) is 31.2 Å². The fraction of sp³-hybridized carbons (Fsp3) is 0.368. The summed E-state index contributed by atoms with van der Waals surface area (Å²) in [4.78, 5) is 22.8. The van der Waals surface area contributed by atoms with Crippen LogP contribution in [0.15, 0.2) is 42.5 Å². The molecule has 3 N–H and O–H groups in total. The lowest BCUT2D eigenvalue weighted by Crippen LogP contribution is -2.22. The van der Waals surface area contributed by atoms with Gasteiger partial charge in [0.15, 0.2) is 0 Å². The predicted molar refractivity (Wildman–Crippen MR) is 93.4 cm³/mol. The Morgan fingerprint density at radius 1 is 0.833 bits per heavy atom. The van der Waals surface area contributed by atoms with Crippen molar-refractivity contribution in [2.75, 3.05) is 0 Å². The molecule has 0 unspecified atom stereocenters. The highest BCUT2D eigenvalue weighted by atomic mass is 16.5. The van der Waals surface area contributed by atoms with Gasteiger partial charge in [-0.2, -0.15) is 0 Å². The van der Waals surface area contributed by atoms with Gasteiger partial charge in [-0.25, -0.2) is 5.48 Å². The van der Waals surface area contributed by atoms with Crippen LogP contribution in [0.4, 0.5) is 0 Å². The van der Waals surface area contributed by atoms with E-state index >= 15 is 0 Å². The van der Waals surface area contributed by atoms with Crippen LogP contribution in [0.2, 0.25) is 0 Å². The van der Waals surface area contributed by atoms with Crippen molar-refractivity contribution in [2.24, 2.45) is 0 Å². The van der Waals surface area contributed by atoms with Crippen molar-refractivity contribution in [1.29, 1.82) is 0 Å². The molecule has 0 atom stereocenters. The Hall–Kier alpha value is -2.40. The highest BCUT2D eigenvalue weighted by molar-refractivity contribution is 5.86. The Morgan fingerprint density at radius 2 is 1.50 bits per heavy atom. The highest BCUT2D eigenvalue weighted by Crippen LogP contribution is 2.18. The number of nitrogens with one attached hydrogen (secondary N) is 2. The van der Waals surface area contributed by atoms with E-state index in [1.165, 1.54) is 10.8 Å². The maximum atomic E-state index is 11.9. The molecule has 0 bridgehead atoms. The summed E-state index contributed by atoms with van der Waals surface area (Å²) < 4.78 is 0. The van der Waals surface area contributed by atoms with Gasteiger partial charge in [0, 0.05) is 19.4 Å². The number of unbranched alkanes of at least 4 members (excludes halogenated alkanes) is 3. The average molecular weight is 328 g/mol. The van der Waals surface area contributed by atoms with Gasteiger partial charge in [0.1, 0.15) is 0 Å². The highest BCUT2D eigenvalue weighted by Gasteiger charge is 2.04. The SMILES string of the molecule is O=C(CCCCCCC(=O)NCc1cccc2ccccc12)NO. The van der Waals surface area contributed by atoms with Crippen LogP contribution in [0, 0.1) is 0 Å². The zero-order valence-corrected chi connectivity index (χ0v) is 13.8. The first-order valence-corrected chi connectivity index (χ1v) is 8.37. The van der Waals surface area contributed by atoms with Crippen molar-refractivity contribution in [3.63, 3.8) is 0 Å². The second-order valence-corrected chi connectivity index (χ2v) is 5.86. The summed E-state index contributed by atoms with van der Waals surface area (Å²) in [5.41, 5.74) is 2.74. The van der Waals surface area contributed by atoms with Gasteiger partial charge in [0.05, 0.1) is 0 Å². The van der Waals surface area contributed by atoms with Gasteiger partial charge in [-0.1, -0.05) is 55.3 Å². The Labute approximate surface area is 142 Å². The van der Waals surface area contributed by atoms with Crippen LogP contribution in [-0.2, 0) is 16.1 Å². The quantitative estimate of drug-likeness (QED) is 0.375. The minimum Gasteiger partial charge on any atom is -0.352 e. The number of rotatable bonds is 9. The van der Waals surface area contributed by atoms with E-state index in [4.69, 9.17) is 5.21 Å². The Balaban J connectivity index is 1.67. The van der Waals surface area contributed by atoms with Crippen molar-refractivity contribution >= 4 is 22.6 Å². The molecule has 0 aliphatic heterocycles. The van der Waals surface area contributed by atoms with E-state index in [0.29, 0.717) is 19.4 Å². The van der Waals surface area contributed by atoms with E-state index in [2.05, 4.69) is 23.5 Å². The van der Waals surface area contributed by atoms with Gasteiger partial charge in [-0.15, -0.1) is 0 Å². The summed E-state index contributed by atoms with van der Waals surface area (Å²) in [6, 6.07) is 14.3. The molecule has 2 aromatic rings. The van der Waals surface area contributed by atoms with Crippen LogP contribution < -0.4 is 10.8 Å². The predicted octanol–water partition coefficient (Wildman–Crippen LogP) is 3.30. The lowest BCUT2D eigenvalue weighted by molar-refractivity contribution is -0.129. The minimum absolute atomic E-state index is 0.0519. The van der Waals surface area contributed by atoms with Gasteiger partial charge in [0.2, 0.25) is 11.8 Å². The summed E-state index contributed by atoms with van der Waals surface area (Å²) in [6.07, 6.45) is 4.14. The fourth-order valence-electron chi connectivity index (χ4n) is 2.71. The molecule has 0 radical (unpaired) electrons. The van der Waals surface area contributed by atoms with Gasteiger partial charge in [-0.3, -0.25) is 14.8 Å². The second kappa shape index (κ2) is 9.67. The van der Waals surface area contributed by atoms with E-state index in [1.807, 2.05) is 24.3 Å². The lowest BCUT2D eigenvalue weighted by atomic mass is 10.0. The smallest absolute Gasteiger partial charge is 0.243 e. The molecule has 0 saturated carbocycles. The number of benzene rings is 2. The third kappa shape index (κ3) is 5.66. The molecule has 5 heteroatoms. The molecule has 24 heavy (non-hydrogen) atoms. The molecule has 0 heterocycles. The molecule has 2 aromatic carbocycles. The van der Waals surface area contributed by atoms with Gasteiger partial charge in [-0.05, 0) is 29.2 Å². The summed E-state index contributed by atoms with van der Waals surface area (Å²) in [5.74, 6) is -0.307. The first-order valence-electron chi connectivity index (χ1n) is 8.37. The molecule has 5 nitrogen and oxygen atoms in total. The first kappa shape index (κ1) is 17.9. The van der Waals surface area contributed by atoms with Crippen LogP contribution in [0.1, 0.15) is 44.1 Å². The summed E-state index contributed by atoms with van der Waals surface area (Å²) in [5, 5.41) is 13.7. The monoisotopic (exact) mass is 328 g/mol. The van der Waals surface area contributed by atoms with Crippen LogP contribution >= 0.6 is 0 Å². The number of fused-ring (bicyclic) bond motifs is 1. The van der Waals surface area contributed by atoms with Crippen LogP contribution in [0.3, 0.4) is 0 Å². The van der Waals surface area contributed by atoms with Gasteiger partial charge in [0.25, 0.3) is 0 Å². The molecule has 0 spiro atoms. The van der Waals surface area contributed by atoms with E-state index in [9.17, 15) is 9.59 Å². The number of hydrogen-bond acceptors (Lipinski definition) is 3. The zero-order valence-electron chi connectivity index (χ0n) is 13.8. The largest absolute Gasteiger partial charge is 0.352 e. The van der Waals surface area contributed by atoms with Crippen LogP contribution in [-0.4, -0.2) is 17.0 Å². The number of carbonyl (C=O) groups is 2. The summed E-state index contributed by atoms with van der Waals surface area (Å²) >= 11 is 0. The van der Waals surface area contributed by atoms with Crippen molar-refractivity contribution < 1.29 is 14.8 Å². The molecular weight excluding hydrogens is 304 g/mol. The minimum atomic E-state index is -0.358.